The Bertz CT molecular complexity index is 1250. The predicted octanol–water partition coefficient (Wildman–Crippen LogP) is 5.94. The van der Waals surface area contributed by atoms with Crippen molar-refractivity contribution >= 4 is 46.3 Å². The lowest BCUT2D eigenvalue weighted by Crippen LogP contribution is -2.29. The fraction of sp³-hybridized carbons (Fsp3) is 0.120. The van der Waals surface area contributed by atoms with Crippen molar-refractivity contribution < 1.29 is 19.4 Å². The number of aliphatic hydroxyl groups excluding tert-OH is 1. The molecule has 1 atom stereocenters. The number of aryl methyl sites for hydroxylation is 1. The van der Waals surface area contributed by atoms with E-state index in [0.29, 0.717) is 32.6 Å². The summed E-state index contributed by atoms with van der Waals surface area (Å²) in [7, 11) is 1.53. The van der Waals surface area contributed by atoms with Gasteiger partial charge in [0.1, 0.15) is 11.5 Å². The topological polar surface area (TPSA) is 66.8 Å². The van der Waals surface area contributed by atoms with Gasteiger partial charge in [0.25, 0.3) is 11.7 Å². The standard InChI is InChI=1S/C25H19Cl2NO4/c1-14-6-11-18(13-20(14)27)28-22(16-4-3-5-19(12-16)32-2)21(24(30)25(28)31)23(29)15-7-9-17(26)10-8-15/h3-13,22,29H,1-2H3/b23-21+. The van der Waals surface area contributed by atoms with Gasteiger partial charge in [-0.2, -0.15) is 0 Å². The molecule has 162 valence electrons. The molecule has 1 aliphatic rings. The third kappa shape index (κ3) is 3.85. The summed E-state index contributed by atoms with van der Waals surface area (Å²) < 4.78 is 5.33. The van der Waals surface area contributed by atoms with Crippen LogP contribution in [-0.2, 0) is 9.59 Å². The van der Waals surface area contributed by atoms with Gasteiger partial charge < -0.3 is 9.84 Å². The molecular weight excluding hydrogens is 449 g/mol. The van der Waals surface area contributed by atoms with Crippen LogP contribution in [0.2, 0.25) is 10.0 Å². The summed E-state index contributed by atoms with van der Waals surface area (Å²) in [6, 6.07) is 17.7. The second kappa shape index (κ2) is 8.69. The van der Waals surface area contributed by atoms with Crippen LogP contribution in [0.25, 0.3) is 5.76 Å². The van der Waals surface area contributed by atoms with Crippen LogP contribution in [0.4, 0.5) is 5.69 Å². The minimum absolute atomic E-state index is 0.0257. The molecule has 32 heavy (non-hydrogen) atoms. The highest BCUT2D eigenvalue weighted by Gasteiger charge is 2.47. The number of halogens is 2. The number of amides is 1. The fourth-order valence-electron chi connectivity index (χ4n) is 3.72. The number of nitrogens with zero attached hydrogens (tertiary/aromatic N) is 1. The van der Waals surface area contributed by atoms with E-state index in [1.807, 2.05) is 6.92 Å². The number of anilines is 1. The van der Waals surface area contributed by atoms with Crippen molar-refractivity contribution in [2.75, 3.05) is 12.0 Å². The van der Waals surface area contributed by atoms with Gasteiger partial charge in [-0.15, -0.1) is 0 Å². The Morgan fingerprint density at radius 3 is 2.38 bits per heavy atom. The lowest BCUT2D eigenvalue weighted by molar-refractivity contribution is -0.132. The Kier molecular flexibility index (Phi) is 5.96. The lowest BCUT2D eigenvalue weighted by atomic mass is 9.95. The highest BCUT2D eigenvalue weighted by atomic mass is 35.5. The molecule has 1 aliphatic heterocycles. The second-order valence-corrected chi connectivity index (χ2v) is 8.23. The van der Waals surface area contributed by atoms with Crippen molar-refractivity contribution in [2.45, 2.75) is 13.0 Å². The molecule has 5 nitrogen and oxygen atoms in total. The highest BCUT2D eigenvalue weighted by molar-refractivity contribution is 6.51. The molecule has 1 saturated heterocycles. The largest absolute Gasteiger partial charge is 0.507 e. The van der Waals surface area contributed by atoms with E-state index in [1.54, 1.807) is 66.7 Å². The highest BCUT2D eigenvalue weighted by Crippen LogP contribution is 2.43. The van der Waals surface area contributed by atoms with Crippen LogP contribution in [-0.4, -0.2) is 23.9 Å². The van der Waals surface area contributed by atoms with E-state index >= 15 is 0 Å². The van der Waals surface area contributed by atoms with Crippen LogP contribution in [0.15, 0.2) is 72.3 Å². The molecule has 1 unspecified atom stereocenters. The van der Waals surface area contributed by atoms with Crippen LogP contribution in [0, 0.1) is 6.92 Å². The van der Waals surface area contributed by atoms with Gasteiger partial charge in [-0.25, -0.2) is 0 Å². The zero-order valence-electron chi connectivity index (χ0n) is 17.3. The summed E-state index contributed by atoms with van der Waals surface area (Å²) in [5, 5.41) is 12.1. The first-order valence-electron chi connectivity index (χ1n) is 9.79. The van der Waals surface area contributed by atoms with Crippen molar-refractivity contribution in [3.05, 3.63) is 99.0 Å². The summed E-state index contributed by atoms with van der Waals surface area (Å²) in [6.07, 6.45) is 0. The third-order valence-corrected chi connectivity index (χ3v) is 6.06. The fourth-order valence-corrected chi connectivity index (χ4v) is 4.02. The number of carbonyl (C=O) groups excluding carboxylic acids is 2. The van der Waals surface area contributed by atoms with E-state index in [2.05, 4.69) is 0 Å². The molecule has 0 saturated carbocycles. The summed E-state index contributed by atoms with van der Waals surface area (Å²) in [5.74, 6) is -1.27. The van der Waals surface area contributed by atoms with Crippen LogP contribution in [0.1, 0.15) is 22.7 Å². The summed E-state index contributed by atoms with van der Waals surface area (Å²) >= 11 is 12.3. The first-order chi connectivity index (χ1) is 15.3. The molecule has 1 fully saturated rings. The Labute approximate surface area is 195 Å². The number of ether oxygens (including phenoxy) is 1. The van der Waals surface area contributed by atoms with Crippen molar-refractivity contribution in [1.82, 2.24) is 0 Å². The van der Waals surface area contributed by atoms with Gasteiger partial charge in [0, 0.05) is 21.3 Å². The Morgan fingerprint density at radius 2 is 1.72 bits per heavy atom. The van der Waals surface area contributed by atoms with Crippen molar-refractivity contribution in [3.8, 4) is 5.75 Å². The van der Waals surface area contributed by atoms with Crippen molar-refractivity contribution in [1.29, 1.82) is 0 Å². The molecule has 0 radical (unpaired) electrons. The number of benzene rings is 3. The molecule has 0 bridgehead atoms. The maximum absolute atomic E-state index is 13.2. The minimum Gasteiger partial charge on any atom is -0.507 e. The molecule has 4 rings (SSSR count). The lowest BCUT2D eigenvalue weighted by Gasteiger charge is -2.26. The molecule has 0 spiro atoms. The number of hydrogen-bond donors (Lipinski definition) is 1. The number of ketones is 1. The van der Waals surface area contributed by atoms with E-state index in [-0.39, 0.29) is 11.3 Å². The number of aliphatic hydroxyl groups is 1. The number of Topliss-reactive ketones (excluding diaryl/α,β-unsaturated/α-hetero) is 1. The average molecular weight is 468 g/mol. The Morgan fingerprint density at radius 1 is 1.00 bits per heavy atom. The van der Waals surface area contributed by atoms with Crippen LogP contribution < -0.4 is 9.64 Å². The SMILES string of the molecule is COc1cccc(C2/C(=C(\O)c3ccc(Cl)cc3)C(=O)C(=O)N2c2ccc(C)c(Cl)c2)c1. The van der Waals surface area contributed by atoms with Gasteiger partial charge in [0.05, 0.1) is 18.7 Å². The van der Waals surface area contributed by atoms with Gasteiger partial charge in [-0.1, -0.05) is 41.4 Å². The summed E-state index contributed by atoms with van der Waals surface area (Å²) in [4.78, 5) is 27.7. The van der Waals surface area contributed by atoms with Crippen LogP contribution in [0.3, 0.4) is 0 Å². The van der Waals surface area contributed by atoms with E-state index in [4.69, 9.17) is 27.9 Å². The number of carbonyl (C=O) groups is 2. The van der Waals surface area contributed by atoms with Crippen LogP contribution >= 0.6 is 23.2 Å². The molecule has 3 aromatic carbocycles. The van der Waals surface area contributed by atoms with Crippen LogP contribution in [0.5, 0.6) is 5.75 Å². The van der Waals surface area contributed by atoms with E-state index in [0.717, 1.165) is 5.56 Å². The summed E-state index contributed by atoms with van der Waals surface area (Å²) in [6.45, 7) is 1.85. The molecular formula is C25H19Cl2NO4. The van der Waals surface area contributed by atoms with Crippen molar-refractivity contribution in [3.63, 3.8) is 0 Å². The molecule has 7 heteroatoms. The molecule has 3 aromatic rings. The van der Waals surface area contributed by atoms with Gasteiger partial charge in [0.15, 0.2) is 0 Å². The normalized spacial score (nSPS) is 17.6. The van der Waals surface area contributed by atoms with E-state index in [1.165, 1.54) is 12.0 Å². The van der Waals surface area contributed by atoms with E-state index in [9.17, 15) is 14.7 Å². The first kappa shape index (κ1) is 21.9. The number of hydrogen-bond acceptors (Lipinski definition) is 4. The number of rotatable bonds is 4. The first-order valence-corrected chi connectivity index (χ1v) is 10.5. The number of methoxy groups -OCH3 is 1. The molecule has 0 aromatic heterocycles. The summed E-state index contributed by atoms with van der Waals surface area (Å²) in [5.41, 5.74) is 2.25. The maximum atomic E-state index is 13.2. The third-order valence-electron chi connectivity index (χ3n) is 5.41. The van der Waals surface area contributed by atoms with Crippen molar-refractivity contribution in [2.24, 2.45) is 0 Å². The molecule has 1 heterocycles. The smallest absolute Gasteiger partial charge is 0.300 e. The maximum Gasteiger partial charge on any atom is 0.300 e. The van der Waals surface area contributed by atoms with Gasteiger partial charge >= 0.3 is 0 Å². The Balaban J connectivity index is 1.96. The zero-order chi connectivity index (χ0) is 23.0. The van der Waals surface area contributed by atoms with Gasteiger partial charge in [0.2, 0.25) is 0 Å². The molecule has 1 amide bonds. The molecule has 0 aliphatic carbocycles. The average Bonchev–Trinajstić information content (AvgIpc) is 3.06. The van der Waals surface area contributed by atoms with Gasteiger partial charge in [-0.05, 0) is 66.6 Å². The minimum atomic E-state index is -0.875. The Hall–Kier alpha value is -3.28. The van der Waals surface area contributed by atoms with Gasteiger partial charge in [-0.3, -0.25) is 14.5 Å². The quantitative estimate of drug-likeness (QED) is 0.293. The second-order valence-electron chi connectivity index (χ2n) is 7.39. The predicted molar refractivity (Wildman–Crippen MR) is 125 cm³/mol. The van der Waals surface area contributed by atoms with E-state index < -0.39 is 17.7 Å². The zero-order valence-corrected chi connectivity index (χ0v) is 18.8. The monoisotopic (exact) mass is 467 g/mol. The molecule has 1 N–H and O–H groups in total.